The average Bonchev–Trinajstić information content (AvgIpc) is 2.14. The fraction of sp³-hybridized carbons (Fsp3) is 0.333. The molecule has 0 saturated carbocycles. The summed E-state index contributed by atoms with van der Waals surface area (Å²) in [5.74, 6) is 0. The van der Waals surface area contributed by atoms with Crippen LogP contribution in [0.2, 0.25) is 0 Å². The monoisotopic (exact) mass is 243 g/mol. The lowest BCUT2D eigenvalue weighted by molar-refractivity contribution is -0.137. The van der Waals surface area contributed by atoms with Gasteiger partial charge in [-0.25, -0.2) is 0 Å². The Hall–Kier alpha value is -0.810. The smallest absolute Gasteiger partial charge is 0.166 e. The van der Waals surface area contributed by atoms with Crippen LogP contribution in [0.5, 0.6) is 0 Å². The normalized spacial score (nSPS) is 10.9. The van der Waals surface area contributed by atoms with Gasteiger partial charge in [-0.3, -0.25) is 0 Å². The van der Waals surface area contributed by atoms with Gasteiger partial charge in [-0.05, 0) is 18.1 Å². The highest BCUT2D eigenvalue weighted by molar-refractivity contribution is 5.85. The molecule has 1 rings (SSSR count). The highest BCUT2D eigenvalue weighted by Gasteiger charge is 2.30. The average molecular weight is 244 g/mol. The Labute approximate surface area is 90.8 Å². The van der Waals surface area contributed by atoms with Crippen LogP contribution in [0, 0.1) is 0 Å². The van der Waals surface area contributed by atoms with E-state index in [0.717, 1.165) is 12.1 Å². The second-order valence-electron chi connectivity index (χ2n) is 2.83. The molecule has 0 atom stereocenters. The molecule has 0 unspecified atom stereocenters. The Bertz CT molecular complexity index is 300. The van der Waals surface area contributed by atoms with Crippen LogP contribution in [0.4, 0.5) is 17.7 Å². The number of hydrogen-bond donors (Lipinski definition) is 1. The van der Waals surface area contributed by atoms with Gasteiger partial charge in [0.1, 0.15) is 0 Å². The van der Waals surface area contributed by atoms with Gasteiger partial charge in [-0.15, -0.1) is 16.9 Å². The molecule has 0 radical (unpaired) electrons. The summed E-state index contributed by atoms with van der Waals surface area (Å²) < 4.78 is 48.1. The van der Waals surface area contributed by atoms with Crippen molar-refractivity contribution in [3.05, 3.63) is 35.4 Å². The van der Waals surface area contributed by atoms with E-state index >= 15 is 0 Å². The lowest BCUT2D eigenvalue weighted by Crippen LogP contribution is -2.08. The topological polar surface area (TPSA) is 12.0 Å². The maximum Gasteiger partial charge on any atom is 0.416 e. The van der Waals surface area contributed by atoms with Crippen LogP contribution in [0.3, 0.4) is 0 Å². The minimum absolute atomic E-state index is 0. The molecule has 0 heterocycles. The minimum Gasteiger partial charge on any atom is -0.166 e. The number of nitrogens with one attached hydrogen (secondary N) is 1. The van der Waals surface area contributed by atoms with Crippen molar-refractivity contribution in [2.45, 2.75) is 12.6 Å². The fourth-order valence-electron chi connectivity index (χ4n) is 1.09. The third-order valence-electron chi connectivity index (χ3n) is 1.76. The summed E-state index contributed by atoms with van der Waals surface area (Å²) in [5, 5.41) is 0. The number of alkyl halides is 3. The summed E-state index contributed by atoms with van der Waals surface area (Å²) in [6.07, 6.45) is -4.10. The van der Waals surface area contributed by atoms with Crippen LogP contribution < -0.4 is 5.54 Å². The van der Waals surface area contributed by atoms with E-state index in [4.69, 9.17) is 0 Å². The van der Waals surface area contributed by atoms with Crippen molar-refractivity contribution in [3.8, 4) is 0 Å². The van der Waals surface area contributed by atoms with Crippen molar-refractivity contribution in [3.63, 3.8) is 0 Å². The molecular weight excluding hydrogens is 234 g/mol. The van der Waals surface area contributed by atoms with E-state index in [1.807, 2.05) is 0 Å². The van der Waals surface area contributed by atoms with Crippen LogP contribution in [0.25, 0.3) is 0 Å². The van der Waals surface area contributed by atoms with Crippen molar-refractivity contribution in [1.29, 1.82) is 0 Å². The molecule has 15 heavy (non-hydrogen) atoms. The van der Waals surface area contributed by atoms with Gasteiger partial charge in [0.05, 0.1) is 5.56 Å². The van der Waals surface area contributed by atoms with Gasteiger partial charge in [0, 0.05) is 6.54 Å². The van der Waals surface area contributed by atoms with Gasteiger partial charge < -0.3 is 0 Å². The van der Waals surface area contributed by atoms with Crippen molar-refractivity contribution in [2.75, 3.05) is 6.54 Å². The molecule has 1 N–H and O–H groups in total. The molecule has 0 fully saturated rings. The highest BCUT2D eigenvalue weighted by Crippen LogP contribution is 2.29. The molecule has 1 aromatic carbocycles. The van der Waals surface area contributed by atoms with Crippen molar-refractivity contribution in [2.24, 2.45) is 0 Å². The Morgan fingerprint density at radius 1 is 1.20 bits per heavy atom. The van der Waals surface area contributed by atoms with E-state index in [9.17, 15) is 17.7 Å². The second-order valence-corrected chi connectivity index (χ2v) is 2.83. The zero-order valence-electron chi connectivity index (χ0n) is 7.64. The highest BCUT2D eigenvalue weighted by atomic mass is 35.5. The first-order valence-electron chi connectivity index (χ1n) is 4.03. The summed E-state index contributed by atoms with van der Waals surface area (Å²) in [7, 11) is 0. The summed E-state index contributed by atoms with van der Waals surface area (Å²) in [6, 6.07) is 4.87. The fourth-order valence-corrected chi connectivity index (χ4v) is 1.09. The van der Waals surface area contributed by atoms with Crippen LogP contribution in [0.1, 0.15) is 11.1 Å². The predicted molar refractivity (Wildman–Crippen MR) is 51.5 cm³/mol. The lowest BCUT2D eigenvalue weighted by Gasteiger charge is -2.07. The molecule has 0 bridgehead atoms. The molecule has 0 aliphatic carbocycles. The Balaban J connectivity index is 0.00000196. The zero-order chi connectivity index (χ0) is 10.6. The van der Waals surface area contributed by atoms with Gasteiger partial charge in [0.25, 0.3) is 0 Å². The van der Waals surface area contributed by atoms with E-state index in [2.05, 4.69) is 0 Å². The molecule has 1 nitrogen and oxygen atoms in total. The summed E-state index contributed by atoms with van der Waals surface area (Å²) in [6.45, 7) is 0.0152. The molecular formula is C9H10ClF4N. The quantitative estimate of drug-likeness (QED) is 0.635. The summed E-state index contributed by atoms with van der Waals surface area (Å²) in [4.78, 5) is 0. The van der Waals surface area contributed by atoms with Crippen molar-refractivity contribution in [1.82, 2.24) is 5.54 Å². The number of benzene rings is 1. The van der Waals surface area contributed by atoms with Crippen LogP contribution >= 0.6 is 12.4 Å². The zero-order valence-corrected chi connectivity index (χ0v) is 8.46. The van der Waals surface area contributed by atoms with E-state index in [-0.39, 0.29) is 25.4 Å². The first-order valence-corrected chi connectivity index (χ1v) is 4.03. The molecule has 0 spiro atoms. The molecule has 6 heteroatoms. The molecule has 0 amide bonds. The first kappa shape index (κ1) is 14.2. The maximum absolute atomic E-state index is 12.2. The number of hydrogen-bond acceptors (Lipinski definition) is 1. The van der Waals surface area contributed by atoms with Gasteiger partial charge >= 0.3 is 6.18 Å². The number of rotatable bonds is 3. The van der Waals surface area contributed by atoms with Crippen LogP contribution in [0.15, 0.2) is 24.3 Å². The van der Waals surface area contributed by atoms with Gasteiger partial charge in [0.2, 0.25) is 0 Å². The SMILES string of the molecule is Cl.FNCCc1cccc(C(F)(F)F)c1. The lowest BCUT2D eigenvalue weighted by atomic mass is 10.1. The minimum atomic E-state index is -4.33. The van der Waals surface area contributed by atoms with E-state index in [1.165, 1.54) is 17.7 Å². The van der Waals surface area contributed by atoms with Gasteiger partial charge in [-0.2, -0.15) is 18.7 Å². The standard InChI is InChI=1S/C9H9F4N.ClH/c10-9(11,12)8-3-1-2-7(6-8)4-5-14-13;/h1-3,6,14H,4-5H2;1H. The second kappa shape index (κ2) is 5.92. The summed E-state index contributed by atoms with van der Waals surface area (Å²) >= 11 is 0. The van der Waals surface area contributed by atoms with Gasteiger partial charge in [-0.1, -0.05) is 18.2 Å². The molecule has 1 aromatic rings. The summed E-state index contributed by atoms with van der Waals surface area (Å²) in [5.41, 5.74) is 1.16. The van der Waals surface area contributed by atoms with Crippen LogP contribution in [-0.2, 0) is 12.6 Å². The molecule has 0 aliphatic rings. The Morgan fingerprint density at radius 3 is 2.40 bits per heavy atom. The van der Waals surface area contributed by atoms with E-state index in [0.29, 0.717) is 5.56 Å². The maximum atomic E-state index is 12.2. The van der Waals surface area contributed by atoms with E-state index < -0.39 is 11.7 Å². The molecule has 0 aliphatic heterocycles. The largest absolute Gasteiger partial charge is 0.416 e. The first-order chi connectivity index (χ1) is 6.54. The van der Waals surface area contributed by atoms with Gasteiger partial charge in [0.15, 0.2) is 0 Å². The third kappa shape index (κ3) is 4.48. The van der Waals surface area contributed by atoms with Crippen LogP contribution in [-0.4, -0.2) is 6.54 Å². The Morgan fingerprint density at radius 2 is 1.87 bits per heavy atom. The number of halogens is 5. The molecule has 0 aromatic heterocycles. The predicted octanol–water partition coefficient (Wildman–Crippen LogP) is 3.14. The third-order valence-corrected chi connectivity index (χ3v) is 1.76. The van der Waals surface area contributed by atoms with E-state index in [1.54, 1.807) is 0 Å². The Kier molecular flexibility index (Phi) is 5.60. The van der Waals surface area contributed by atoms with Crippen molar-refractivity contribution >= 4 is 12.4 Å². The molecule has 86 valence electrons. The van der Waals surface area contributed by atoms with Crippen molar-refractivity contribution < 1.29 is 17.7 Å². The molecule has 0 saturated heterocycles.